The van der Waals surface area contributed by atoms with Gasteiger partial charge in [-0.15, -0.1) is 11.3 Å². The molecule has 1 aliphatic heterocycles. The maximum absolute atomic E-state index is 13.1. The number of fused-ring (bicyclic) bond motifs is 1. The second-order valence-corrected chi connectivity index (χ2v) is 7.37. The van der Waals surface area contributed by atoms with E-state index in [1.165, 1.54) is 17.5 Å². The summed E-state index contributed by atoms with van der Waals surface area (Å²) >= 11 is 1.37. The lowest BCUT2D eigenvalue weighted by Gasteiger charge is -2.35. The largest absolute Gasteiger partial charge is 0.355 e. The summed E-state index contributed by atoms with van der Waals surface area (Å²) in [7, 11) is 1.58. The number of aryl methyl sites for hydroxylation is 1. The van der Waals surface area contributed by atoms with E-state index in [1.807, 2.05) is 17.9 Å². The highest BCUT2D eigenvalue weighted by atomic mass is 32.1. The van der Waals surface area contributed by atoms with Gasteiger partial charge in [0.1, 0.15) is 10.4 Å². The van der Waals surface area contributed by atoms with Crippen molar-refractivity contribution in [2.45, 2.75) is 32.2 Å². The molecular weight excluding hydrogens is 364 g/mol. The lowest BCUT2D eigenvalue weighted by atomic mass is 9.98. The molecule has 3 aromatic rings. The highest BCUT2D eigenvalue weighted by molar-refractivity contribution is 7.11. The van der Waals surface area contributed by atoms with Gasteiger partial charge < -0.3 is 10.2 Å². The Morgan fingerprint density at radius 3 is 2.89 bits per heavy atom. The minimum Gasteiger partial charge on any atom is -0.355 e. The van der Waals surface area contributed by atoms with Gasteiger partial charge in [0.2, 0.25) is 0 Å². The number of likely N-dealkylation sites (tertiary alicyclic amines) is 1. The van der Waals surface area contributed by atoms with Crippen molar-refractivity contribution in [2.24, 2.45) is 0 Å². The standard InChI is InChI=1S/C18H20N6O2S/c1-11-15(27-10-21-11)18(26)23-8-4-3-5-13(23)14-6-7-20-16-12(17(25)19-2)9-22-24(14)16/h6-7,9-10,13H,3-5,8H2,1-2H3,(H,19,25). The van der Waals surface area contributed by atoms with Crippen LogP contribution in [0.3, 0.4) is 0 Å². The number of rotatable bonds is 3. The fourth-order valence-corrected chi connectivity index (χ4v) is 4.33. The first-order valence-electron chi connectivity index (χ1n) is 8.87. The number of carbonyl (C=O) groups excluding carboxylic acids is 2. The summed E-state index contributed by atoms with van der Waals surface area (Å²) in [6.45, 7) is 2.55. The number of aromatic nitrogens is 4. The van der Waals surface area contributed by atoms with Crippen LogP contribution in [0, 0.1) is 6.92 Å². The van der Waals surface area contributed by atoms with Crippen LogP contribution >= 0.6 is 11.3 Å². The molecule has 0 saturated carbocycles. The van der Waals surface area contributed by atoms with Crippen LogP contribution in [0.2, 0.25) is 0 Å². The molecule has 0 bridgehead atoms. The molecule has 1 unspecified atom stereocenters. The smallest absolute Gasteiger partial charge is 0.266 e. The Bertz CT molecular complexity index is 1010. The molecule has 3 aromatic heterocycles. The minimum absolute atomic E-state index is 0.00310. The molecule has 0 spiro atoms. The molecule has 1 saturated heterocycles. The fourth-order valence-electron chi connectivity index (χ4n) is 3.58. The highest BCUT2D eigenvalue weighted by Gasteiger charge is 2.32. The van der Waals surface area contributed by atoms with Crippen LogP contribution in [-0.2, 0) is 0 Å². The van der Waals surface area contributed by atoms with Gasteiger partial charge in [-0.3, -0.25) is 9.59 Å². The second kappa shape index (κ2) is 7.07. The van der Waals surface area contributed by atoms with Crippen LogP contribution in [-0.4, -0.2) is 49.9 Å². The average Bonchev–Trinajstić information content (AvgIpc) is 3.33. The van der Waals surface area contributed by atoms with Gasteiger partial charge in [0.05, 0.1) is 29.1 Å². The van der Waals surface area contributed by atoms with E-state index in [0.29, 0.717) is 22.6 Å². The highest BCUT2D eigenvalue weighted by Crippen LogP contribution is 2.33. The van der Waals surface area contributed by atoms with Crippen LogP contribution in [0.25, 0.3) is 5.65 Å². The average molecular weight is 384 g/mol. The molecule has 9 heteroatoms. The third-order valence-corrected chi connectivity index (χ3v) is 5.86. The van der Waals surface area contributed by atoms with Gasteiger partial charge in [0, 0.05) is 19.8 Å². The quantitative estimate of drug-likeness (QED) is 0.747. The third kappa shape index (κ3) is 2.97. The van der Waals surface area contributed by atoms with Crippen molar-refractivity contribution in [1.82, 2.24) is 29.8 Å². The Kier molecular flexibility index (Phi) is 4.61. The van der Waals surface area contributed by atoms with Gasteiger partial charge in [0.15, 0.2) is 5.65 Å². The molecule has 2 amide bonds. The first-order chi connectivity index (χ1) is 13.1. The van der Waals surface area contributed by atoms with Gasteiger partial charge in [-0.1, -0.05) is 0 Å². The Balaban J connectivity index is 1.76. The van der Waals surface area contributed by atoms with Gasteiger partial charge in [-0.25, -0.2) is 14.5 Å². The number of hydrogen-bond acceptors (Lipinski definition) is 6. The Labute approximate surface area is 160 Å². The van der Waals surface area contributed by atoms with E-state index in [-0.39, 0.29) is 17.9 Å². The molecule has 0 aromatic carbocycles. The van der Waals surface area contributed by atoms with E-state index in [4.69, 9.17) is 0 Å². The predicted molar refractivity (Wildman–Crippen MR) is 101 cm³/mol. The normalized spacial score (nSPS) is 17.3. The van der Waals surface area contributed by atoms with E-state index in [0.717, 1.165) is 30.7 Å². The third-order valence-electron chi connectivity index (χ3n) is 4.95. The molecule has 0 aliphatic carbocycles. The molecule has 8 nitrogen and oxygen atoms in total. The van der Waals surface area contributed by atoms with E-state index >= 15 is 0 Å². The molecule has 1 fully saturated rings. The summed E-state index contributed by atoms with van der Waals surface area (Å²) in [5.41, 5.74) is 4.25. The first kappa shape index (κ1) is 17.6. The van der Waals surface area contributed by atoms with Crippen LogP contribution in [0.4, 0.5) is 0 Å². The zero-order valence-corrected chi connectivity index (χ0v) is 16.0. The Hall–Kier alpha value is -2.81. The monoisotopic (exact) mass is 384 g/mol. The number of nitrogens with zero attached hydrogens (tertiary/aromatic N) is 5. The SMILES string of the molecule is CNC(=O)c1cnn2c(C3CCCCN3C(=O)c3scnc3C)ccnc12. The lowest BCUT2D eigenvalue weighted by Crippen LogP contribution is -2.39. The number of hydrogen-bond donors (Lipinski definition) is 1. The summed E-state index contributed by atoms with van der Waals surface area (Å²) in [6.07, 6.45) is 6.04. The molecule has 27 heavy (non-hydrogen) atoms. The molecule has 1 atom stereocenters. The van der Waals surface area contributed by atoms with E-state index in [2.05, 4.69) is 20.4 Å². The second-order valence-electron chi connectivity index (χ2n) is 6.52. The number of carbonyl (C=O) groups is 2. The van der Waals surface area contributed by atoms with Crippen LogP contribution < -0.4 is 5.32 Å². The van der Waals surface area contributed by atoms with Gasteiger partial charge in [-0.05, 0) is 32.3 Å². The summed E-state index contributed by atoms with van der Waals surface area (Å²) in [5, 5.41) is 6.99. The maximum Gasteiger partial charge on any atom is 0.266 e. The molecule has 1 aliphatic rings. The summed E-state index contributed by atoms with van der Waals surface area (Å²) in [6, 6.07) is 1.76. The van der Waals surface area contributed by atoms with Crippen molar-refractivity contribution < 1.29 is 9.59 Å². The number of amides is 2. The Morgan fingerprint density at radius 2 is 2.15 bits per heavy atom. The predicted octanol–water partition coefficient (Wildman–Crippen LogP) is 2.22. The minimum atomic E-state index is -0.230. The van der Waals surface area contributed by atoms with Crippen molar-refractivity contribution in [2.75, 3.05) is 13.6 Å². The zero-order chi connectivity index (χ0) is 19.0. The lowest BCUT2D eigenvalue weighted by molar-refractivity contribution is 0.0607. The summed E-state index contributed by atoms with van der Waals surface area (Å²) in [4.78, 5) is 36.3. The molecule has 140 valence electrons. The molecule has 0 radical (unpaired) electrons. The van der Waals surface area contributed by atoms with E-state index in [1.54, 1.807) is 23.3 Å². The van der Waals surface area contributed by atoms with Crippen molar-refractivity contribution in [3.8, 4) is 0 Å². The van der Waals surface area contributed by atoms with E-state index < -0.39 is 0 Å². The van der Waals surface area contributed by atoms with Crippen molar-refractivity contribution in [3.63, 3.8) is 0 Å². The van der Waals surface area contributed by atoms with Gasteiger partial charge in [0.25, 0.3) is 11.8 Å². The van der Waals surface area contributed by atoms with Crippen LogP contribution in [0.15, 0.2) is 24.0 Å². The summed E-state index contributed by atoms with van der Waals surface area (Å²) < 4.78 is 1.68. The molecule has 4 heterocycles. The molecule has 1 N–H and O–H groups in total. The number of nitrogens with one attached hydrogen (secondary N) is 1. The fraction of sp³-hybridized carbons (Fsp3) is 0.389. The molecule has 4 rings (SSSR count). The maximum atomic E-state index is 13.1. The topological polar surface area (TPSA) is 92.5 Å². The van der Waals surface area contributed by atoms with Gasteiger partial charge in [-0.2, -0.15) is 5.10 Å². The van der Waals surface area contributed by atoms with Crippen LogP contribution in [0.1, 0.15) is 56.7 Å². The van der Waals surface area contributed by atoms with Crippen molar-refractivity contribution >= 4 is 28.8 Å². The van der Waals surface area contributed by atoms with Crippen LogP contribution in [0.5, 0.6) is 0 Å². The zero-order valence-electron chi connectivity index (χ0n) is 15.2. The summed E-state index contributed by atoms with van der Waals surface area (Å²) in [5.74, 6) is -0.227. The van der Waals surface area contributed by atoms with Gasteiger partial charge >= 0.3 is 0 Å². The van der Waals surface area contributed by atoms with E-state index in [9.17, 15) is 9.59 Å². The van der Waals surface area contributed by atoms with Crippen molar-refractivity contribution in [1.29, 1.82) is 0 Å². The van der Waals surface area contributed by atoms with Crippen molar-refractivity contribution in [3.05, 3.63) is 45.8 Å². The molecular formula is C18H20N6O2S. The Morgan fingerprint density at radius 1 is 1.30 bits per heavy atom. The first-order valence-corrected chi connectivity index (χ1v) is 9.75. The number of piperidine rings is 1. The number of thiazole rings is 1.